The molecular weight excluding hydrogens is 426 g/mol. The molecule has 11 heteroatoms. The van der Waals surface area contributed by atoms with Gasteiger partial charge in [-0.15, -0.1) is 0 Å². The van der Waals surface area contributed by atoms with Crippen LogP contribution in [0.5, 0.6) is 0 Å². The minimum absolute atomic E-state index is 0.00503. The Morgan fingerprint density at radius 3 is 2.29 bits per heavy atom. The highest BCUT2D eigenvalue weighted by molar-refractivity contribution is 7.89. The molecule has 152 valence electrons. The van der Waals surface area contributed by atoms with Crippen molar-refractivity contribution in [3.8, 4) is 0 Å². The van der Waals surface area contributed by atoms with E-state index < -0.39 is 26.0 Å². The minimum atomic E-state index is -4.10. The van der Waals surface area contributed by atoms with Crippen LogP contribution in [0.1, 0.15) is 24.2 Å². The van der Waals surface area contributed by atoms with Crippen LogP contribution in [0, 0.1) is 0 Å². The fourth-order valence-corrected chi connectivity index (χ4v) is 5.09. The molecule has 2 rings (SSSR count). The zero-order chi connectivity index (χ0) is 21.1. The van der Waals surface area contributed by atoms with Gasteiger partial charge >= 0.3 is 0 Å². The Bertz CT molecular complexity index is 1100. The van der Waals surface area contributed by atoms with Gasteiger partial charge in [-0.3, -0.25) is 4.79 Å². The molecule has 0 aromatic heterocycles. The first-order valence-electron chi connectivity index (χ1n) is 8.24. The molecule has 2 aromatic rings. The maximum Gasteiger partial charge on any atom is 0.255 e. The lowest BCUT2D eigenvalue weighted by molar-refractivity contribution is 0.102. The number of benzene rings is 2. The summed E-state index contributed by atoms with van der Waals surface area (Å²) in [5.74, 6) is -0.640. The molecule has 0 saturated carbocycles. The van der Waals surface area contributed by atoms with Crippen molar-refractivity contribution in [1.29, 1.82) is 0 Å². The Kier molecular flexibility index (Phi) is 6.84. The number of nitrogens with one attached hydrogen (secondary N) is 1. The Hall–Kier alpha value is -1.98. The number of sulfonamides is 2. The predicted molar refractivity (Wildman–Crippen MR) is 107 cm³/mol. The molecule has 0 aliphatic rings. The number of carbonyl (C=O) groups excluding carboxylic acids is 1. The van der Waals surface area contributed by atoms with Crippen LogP contribution in [-0.2, 0) is 20.0 Å². The summed E-state index contributed by atoms with van der Waals surface area (Å²) in [5, 5.41) is 7.52. The van der Waals surface area contributed by atoms with Gasteiger partial charge < -0.3 is 5.32 Å². The Morgan fingerprint density at radius 2 is 1.71 bits per heavy atom. The van der Waals surface area contributed by atoms with E-state index in [1.54, 1.807) is 13.8 Å². The van der Waals surface area contributed by atoms with Crippen LogP contribution in [0.4, 0.5) is 5.69 Å². The fourth-order valence-electron chi connectivity index (χ4n) is 2.51. The fraction of sp³-hybridized carbons (Fsp3) is 0.235. The number of nitrogens with zero attached hydrogens (tertiary/aromatic N) is 1. The van der Waals surface area contributed by atoms with E-state index in [0.717, 1.165) is 6.07 Å². The average molecular weight is 446 g/mol. The summed E-state index contributed by atoms with van der Waals surface area (Å²) in [7, 11) is -7.79. The third-order valence-electron chi connectivity index (χ3n) is 3.94. The van der Waals surface area contributed by atoms with E-state index in [1.165, 1.54) is 40.7 Å². The largest absolute Gasteiger partial charge is 0.322 e. The number of halogens is 1. The highest BCUT2D eigenvalue weighted by Crippen LogP contribution is 2.23. The Labute approximate surface area is 169 Å². The molecule has 3 N–H and O–H groups in total. The van der Waals surface area contributed by atoms with Gasteiger partial charge in [-0.05, 0) is 36.4 Å². The van der Waals surface area contributed by atoms with Gasteiger partial charge in [0, 0.05) is 24.3 Å². The van der Waals surface area contributed by atoms with Gasteiger partial charge in [0.05, 0.1) is 9.92 Å². The molecule has 8 nitrogen and oxygen atoms in total. The van der Waals surface area contributed by atoms with E-state index in [9.17, 15) is 21.6 Å². The van der Waals surface area contributed by atoms with E-state index in [2.05, 4.69) is 5.32 Å². The molecule has 28 heavy (non-hydrogen) atoms. The van der Waals surface area contributed by atoms with E-state index in [1.807, 2.05) is 0 Å². The predicted octanol–water partition coefficient (Wildman–Crippen LogP) is 2.27. The van der Waals surface area contributed by atoms with Crippen molar-refractivity contribution in [2.45, 2.75) is 23.6 Å². The Morgan fingerprint density at radius 1 is 1.07 bits per heavy atom. The number of hydrogen-bond donors (Lipinski definition) is 2. The van der Waals surface area contributed by atoms with E-state index in [-0.39, 0.29) is 26.1 Å². The molecule has 0 atom stereocenters. The van der Waals surface area contributed by atoms with Crippen molar-refractivity contribution in [3.63, 3.8) is 0 Å². The number of hydrogen-bond acceptors (Lipinski definition) is 5. The minimum Gasteiger partial charge on any atom is -0.322 e. The lowest BCUT2D eigenvalue weighted by atomic mass is 10.2. The van der Waals surface area contributed by atoms with Gasteiger partial charge in [0.25, 0.3) is 5.91 Å². The van der Waals surface area contributed by atoms with Crippen molar-refractivity contribution in [1.82, 2.24) is 4.31 Å². The highest BCUT2D eigenvalue weighted by atomic mass is 35.5. The van der Waals surface area contributed by atoms with Gasteiger partial charge in [-0.25, -0.2) is 22.0 Å². The van der Waals surface area contributed by atoms with E-state index in [0.29, 0.717) is 13.1 Å². The molecule has 2 aromatic carbocycles. The molecule has 0 unspecified atom stereocenters. The lowest BCUT2D eigenvalue weighted by Crippen LogP contribution is -2.30. The van der Waals surface area contributed by atoms with Gasteiger partial charge in [0.15, 0.2) is 0 Å². The number of primary sulfonamides is 1. The number of carbonyl (C=O) groups is 1. The zero-order valence-corrected chi connectivity index (χ0v) is 17.6. The SMILES string of the molecule is CCN(CC)S(=O)(=O)c1cccc(NC(=O)c2ccc(Cl)c(S(N)(=O)=O)c2)c1. The van der Waals surface area contributed by atoms with Crippen LogP contribution in [0.3, 0.4) is 0 Å². The summed E-state index contributed by atoms with van der Waals surface area (Å²) in [6.45, 7) is 4.10. The molecule has 0 aliphatic carbocycles. The van der Waals surface area contributed by atoms with Gasteiger partial charge in [0.1, 0.15) is 4.90 Å². The second kappa shape index (κ2) is 8.58. The zero-order valence-electron chi connectivity index (χ0n) is 15.2. The van der Waals surface area contributed by atoms with Crippen molar-refractivity contribution in [3.05, 3.63) is 53.1 Å². The van der Waals surface area contributed by atoms with Crippen LogP contribution >= 0.6 is 11.6 Å². The van der Waals surface area contributed by atoms with Crippen LogP contribution in [0.25, 0.3) is 0 Å². The summed E-state index contributed by atoms with van der Waals surface area (Å²) in [4.78, 5) is 12.1. The quantitative estimate of drug-likeness (QED) is 0.675. The third-order valence-corrected chi connectivity index (χ3v) is 7.37. The molecule has 0 radical (unpaired) electrons. The molecule has 0 heterocycles. The van der Waals surface area contributed by atoms with E-state index in [4.69, 9.17) is 16.7 Å². The molecule has 0 fully saturated rings. The second-order valence-corrected chi connectivity index (χ2v) is 9.64. The summed E-state index contributed by atoms with van der Waals surface area (Å²) in [5.41, 5.74) is 0.246. The Balaban J connectivity index is 2.34. The third kappa shape index (κ3) is 4.89. The summed E-state index contributed by atoms with van der Waals surface area (Å²) < 4.78 is 49.6. The normalized spacial score (nSPS) is 12.2. The van der Waals surface area contributed by atoms with Crippen molar-refractivity contribution in [2.24, 2.45) is 5.14 Å². The van der Waals surface area contributed by atoms with Crippen LogP contribution in [0.15, 0.2) is 52.3 Å². The number of rotatable bonds is 7. The van der Waals surface area contributed by atoms with Gasteiger partial charge in [0.2, 0.25) is 20.0 Å². The van der Waals surface area contributed by atoms with Crippen molar-refractivity contribution in [2.75, 3.05) is 18.4 Å². The number of anilines is 1. The molecule has 1 amide bonds. The highest BCUT2D eigenvalue weighted by Gasteiger charge is 2.22. The molecule has 0 bridgehead atoms. The smallest absolute Gasteiger partial charge is 0.255 e. The van der Waals surface area contributed by atoms with Crippen LogP contribution in [0.2, 0.25) is 5.02 Å². The standard InChI is InChI=1S/C17H20ClN3O5S2/c1-3-21(4-2)28(25,26)14-7-5-6-13(11-14)20-17(22)12-8-9-15(18)16(10-12)27(19,23)24/h5-11H,3-4H2,1-2H3,(H,20,22)(H2,19,23,24). The molecular formula is C17H20ClN3O5S2. The second-order valence-electron chi connectivity index (χ2n) is 5.76. The van der Waals surface area contributed by atoms with Gasteiger partial charge in [-0.2, -0.15) is 4.31 Å². The molecule has 0 aliphatic heterocycles. The lowest BCUT2D eigenvalue weighted by Gasteiger charge is -2.18. The van der Waals surface area contributed by atoms with Crippen LogP contribution in [-0.4, -0.2) is 40.1 Å². The average Bonchev–Trinajstić information content (AvgIpc) is 2.62. The summed E-state index contributed by atoms with van der Waals surface area (Å²) in [6.07, 6.45) is 0. The maximum absolute atomic E-state index is 12.6. The van der Waals surface area contributed by atoms with E-state index >= 15 is 0 Å². The summed E-state index contributed by atoms with van der Waals surface area (Å²) in [6, 6.07) is 9.44. The number of nitrogens with two attached hydrogens (primary N) is 1. The first-order valence-corrected chi connectivity index (χ1v) is 11.6. The van der Waals surface area contributed by atoms with Crippen LogP contribution < -0.4 is 10.5 Å². The molecule has 0 saturated heterocycles. The first-order chi connectivity index (χ1) is 13.0. The topological polar surface area (TPSA) is 127 Å². The molecule has 0 spiro atoms. The first kappa shape index (κ1) is 22.3. The monoisotopic (exact) mass is 445 g/mol. The van der Waals surface area contributed by atoms with Crippen molar-refractivity contribution >= 4 is 43.2 Å². The van der Waals surface area contributed by atoms with Crippen molar-refractivity contribution < 1.29 is 21.6 Å². The number of amides is 1. The van der Waals surface area contributed by atoms with Gasteiger partial charge in [-0.1, -0.05) is 31.5 Å². The summed E-state index contributed by atoms with van der Waals surface area (Å²) >= 11 is 5.81. The maximum atomic E-state index is 12.6.